The van der Waals surface area contributed by atoms with Gasteiger partial charge in [0.05, 0.1) is 0 Å². The molecule has 0 aliphatic heterocycles. The molecular weight excluding hydrogens is 96.1 g/mol. The molecule has 2 rings (SSSR count). The molecule has 0 heterocycles. The summed E-state index contributed by atoms with van der Waals surface area (Å²) in [6, 6.07) is 0. The molecule has 2 radical (unpaired) electrons. The number of hydrogen-bond acceptors (Lipinski definition) is 0. The van der Waals surface area contributed by atoms with Gasteiger partial charge in [0.2, 0.25) is 0 Å². The van der Waals surface area contributed by atoms with Crippen molar-refractivity contribution in [2.75, 3.05) is 0 Å². The molecule has 0 amide bonds. The molecule has 0 N–H and O–H groups in total. The molecule has 0 nitrogen and oxygen atoms in total. The molecule has 0 aromatic carbocycles. The first kappa shape index (κ1) is 4.84. The third-order valence-corrected chi connectivity index (χ3v) is 2.52. The number of hydrogen-bond donors (Lipinski definition) is 0. The monoisotopic (exact) mass is 108 g/mol. The molecule has 8 heavy (non-hydrogen) atoms. The summed E-state index contributed by atoms with van der Waals surface area (Å²) in [6.45, 7) is 0. The second kappa shape index (κ2) is 1.75. The van der Waals surface area contributed by atoms with Crippen molar-refractivity contribution < 1.29 is 0 Å². The maximum Gasteiger partial charge on any atom is -0.0352 e. The fourth-order valence-electron chi connectivity index (χ4n) is 2.01. The van der Waals surface area contributed by atoms with E-state index >= 15 is 0 Å². The third kappa shape index (κ3) is 0.586. The average molecular weight is 108 g/mol. The van der Waals surface area contributed by atoms with Gasteiger partial charge in [0.25, 0.3) is 0 Å². The molecule has 0 aromatic heterocycles. The van der Waals surface area contributed by atoms with E-state index in [9.17, 15) is 0 Å². The largest absolute Gasteiger partial charge is 0.0499 e. The average Bonchev–Trinajstić information content (AvgIpc) is 2.15. The molecule has 2 unspecified atom stereocenters. The Balaban J connectivity index is 2.04. The highest BCUT2D eigenvalue weighted by atomic mass is 14.4. The van der Waals surface area contributed by atoms with Crippen molar-refractivity contribution in [3.63, 3.8) is 0 Å². The Morgan fingerprint density at radius 1 is 1.25 bits per heavy atom. The summed E-state index contributed by atoms with van der Waals surface area (Å²) in [7, 11) is 0. The van der Waals surface area contributed by atoms with Crippen molar-refractivity contribution in [2.45, 2.75) is 25.7 Å². The predicted octanol–water partition coefficient (Wildman–Crippen LogP) is 2.21. The Morgan fingerprint density at radius 2 is 2.25 bits per heavy atom. The SMILES string of the molecule is [CH]1CC2[CH]CCC2C1. The zero-order chi connectivity index (χ0) is 5.40. The Morgan fingerprint density at radius 3 is 3.12 bits per heavy atom. The van der Waals surface area contributed by atoms with Gasteiger partial charge in [0, 0.05) is 0 Å². The number of rotatable bonds is 0. The molecule has 2 saturated carbocycles. The van der Waals surface area contributed by atoms with E-state index in [4.69, 9.17) is 0 Å². The lowest BCUT2D eigenvalue weighted by Gasteiger charge is -2.04. The van der Waals surface area contributed by atoms with Crippen molar-refractivity contribution in [3.05, 3.63) is 12.8 Å². The highest BCUT2D eigenvalue weighted by Crippen LogP contribution is 2.42. The van der Waals surface area contributed by atoms with Gasteiger partial charge in [-0.25, -0.2) is 0 Å². The molecule has 0 saturated heterocycles. The van der Waals surface area contributed by atoms with Crippen molar-refractivity contribution in [1.29, 1.82) is 0 Å². The zero-order valence-electron chi connectivity index (χ0n) is 5.14. The van der Waals surface area contributed by atoms with Gasteiger partial charge >= 0.3 is 0 Å². The molecule has 2 atom stereocenters. The van der Waals surface area contributed by atoms with Crippen LogP contribution < -0.4 is 0 Å². The van der Waals surface area contributed by atoms with Gasteiger partial charge in [-0.15, -0.1) is 0 Å². The Bertz CT molecular complexity index is 66.0. The summed E-state index contributed by atoms with van der Waals surface area (Å²) >= 11 is 0. The minimum atomic E-state index is 0.995. The zero-order valence-corrected chi connectivity index (χ0v) is 5.14. The van der Waals surface area contributed by atoms with E-state index in [1.807, 2.05) is 0 Å². The summed E-state index contributed by atoms with van der Waals surface area (Å²) in [5.74, 6) is 2.06. The summed E-state index contributed by atoms with van der Waals surface area (Å²) in [5.41, 5.74) is 0. The first-order valence-corrected chi connectivity index (χ1v) is 3.62. The van der Waals surface area contributed by atoms with Gasteiger partial charge in [-0.05, 0) is 50.4 Å². The molecule has 0 spiro atoms. The molecule has 2 aliphatic carbocycles. The van der Waals surface area contributed by atoms with Gasteiger partial charge in [0.1, 0.15) is 0 Å². The highest BCUT2D eigenvalue weighted by Gasteiger charge is 2.31. The quantitative estimate of drug-likeness (QED) is 0.446. The van der Waals surface area contributed by atoms with Gasteiger partial charge in [-0.2, -0.15) is 0 Å². The number of fused-ring (bicyclic) bond motifs is 1. The highest BCUT2D eigenvalue weighted by molar-refractivity contribution is 4.99. The van der Waals surface area contributed by atoms with E-state index in [-0.39, 0.29) is 0 Å². The molecule has 2 fully saturated rings. The van der Waals surface area contributed by atoms with E-state index in [0.717, 1.165) is 11.8 Å². The van der Waals surface area contributed by atoms with Crippen molar-refractivity contribution >= 4 is 0 Å². The van der Waals surface area contributed by atoms with E-state index in [2.05, 4.69) is 12.8 Å². The Hall–Kier alpha value is 0. The fraction of sp³-hybridized carbons (Fsp3) is 0.750. The summed E-state index contributed by atoms with van der Waals surface area (Å²) in [6.07, 6.45) is 10.6. The van der Waals surface area contributed by atoms with Crippen molar-refractivity contribution in [3.8, 4) is 0 Å². The molecule has 0 heteroatoms. The van der Waals surface area contributed by atoms with Crippen LogP contribution in [0.4, 0.5) is 0 Å². The minimum Gasteiger partial charge on any atom is -0.0499 e. The summed E-state index contributed by atoms with van der Waals surface area (Å²) < 4.78 is 0. The van der Waals surface area contributed by atoms with E-state index < -0.39 is 0 Å². The van der Waals surface area contributed by atoms with Gasteiger partial charge in [-0.1, -0.05) is 0 Å². The molecule has 44 valence electrons. The third-order valence-electron chi connectivity index (χ3n) is 2.52. The molecular formula is C8H12. The van der Waals surface area contributed by atoms with Gasteiger partial charge in [-0.3, -0.25) is 0 Å². The Labute approximate surface area is 51.3 Å². The van der Waals surface area contributed by atoms with Crippen molar-refractivity contribution in [2.24, 2.45) is 11.8 Å². The van der Waals surface area contributed by atoms with Crippen LogP contribution in [-0.4, -0.2) is 0 Å². The van der Waals surface area contributed by atoms with Crippen LogP contribution in [0.3, 0.4) is 0 Å². The van der Waals surface area contributed by atoms with Gasteiger partial charge in [0.15, 0.2) is 0 Å². The van der Waals surface area contributed by atoms with Crippen LogP contribution in [0, 0.1) is 24.7 Å². The van der Waals surface area contributed by atoms with Crippen LogP contribution in [0.15, 0.2) is 0 Å². The second-order valence-corrected chi connectivity index (χ2v) is 3.00. The van der Waals surface area contributed by atoms with Crippen LogP contribution in [0.25, 0.3) is 0 Å². The Kier molecular flexibility index (Phi) is 1.06. The lowest BCUT2D eigenvalue weighted by molar-refractivity contribution is 0.490. The maximum atomic E-state index is 2.51. The van der Waals surface area contributed by atoms with Crippen molar-refractivity contribution in [1.82, 2.24) is 0 Å². The topological polar surface area (TPSA) is 0 Å². The summed E-state index contributed by atoms with van der Waals surface area (Å²) in [5, 5.41) is 0. The molecule has 2 aliphatic rings. The smallest absolute Gasteiger partial charge is 0.0352 e. The van der Waals surface area contributed by atoms with E-state index in [1.54, 1.807) is 0 Å². The first-order valence-electron chi connectivity index (χ1n) is 3.62. The van der Waals surface area contributed by atoms with E-state index in [0.29, 0.717) is 0 Å². The molecule has 0 aromatic rings. The summed E-state index contributed by atoms with van der Waals surface area (Å²) in [4.78, 5) is 0. The van der Waals surface area contributed by atoms with Crippen LogP contribution in [-0.2, 0) is 0 Å². The van der Waals surface area contributed by atoms with E-state index in [1.165, 1.54) is 25.7 Å². The van der Waals surface area contributed by atoms with Crippen LogP contribution in [0.1, 0.15) is 25.7 Å². The molecule has 0 bridgehead atoms. The maximum absolute atomic E-state index is 2.51. The predicted molar refractivity (Wildman–Crippen MR) is 34.0 cm³/mol. The second-order valence-electron chi connectivity index (χ2n) is 3.00. The lowest BCUT2D eigenvalue weighted by atomic mass is 10.0. The van der Waals surface area contributed by atoms with Crippen LogP contribution in [0.5, 0.6) is 0 Å². The minimum absolute atomic E-state index is 0.995. The lowest BCUT2D eigenvalue weighted by Crippen LogP contribution is -1.96. The van der Waals surface area contributed by atoms with Crippen LogP contribution >= 0.6 is 0 Å². The normalized spacial score (nSPS) is 45.0. The standard InChI is InChI=1S/C8H12/c1-3-7-5-2-6-8(7)4-1/h1,5,7-8H,2-4,6H2. The van der Waals surface area contributed by atoms with Gasteiger partial charge < -0.3 is 0 Å². The first-order chi connectivity index (χ1) is 3.97. The van der Waals surface area contributed by atoms with Crippen LogP contribution in [0.2, 0.25) is 0 Å². The fourth-order valence-corrected chi connectivity index (χ4v) is 2.01.